The van der Waals surface area contributed by atoms with E-state index in [1.165, 1.54) is 0 Å². The minimum absolute atomic E-state index is 0.333. The third kappa shape index (κ3) is 3.43. The van der Waals surface area contributed by atoms with Crippen molar-refractivity contribution in [3.63, 3.8) is 0 Å². The molecule has 2 rings (SSSR count). The Morgan fingerprint density at radius 3 is 2.64 bits per heavy atom. The molecule has 0 aliphatic rings. The molecule has 122 valence electrons. The van der Waals surface area contributed by atoms with Crippen LogP contribution in [0.4, 0.5) is 22.0 Å². The molecule has 0 bridgehead atoms. The van der Waals surface area contributed by atoms with Gasteiger partial charge in [-0.1, -0.05) is 0 Å². The molecule has 2 heterocycles. The first kappa shape index (κ1) is 16.4. The highest BCUT2D eigenvalue weighted by Crippen LogP contribution is 2.37. The maximum atomic E-state index is 12.9. The Labute approximate surface area is 122 Å². The van der Waals surface area contributed by atoms with Crippen molar-refractivity contribution in [2.24, 2.45) is 7.05 Å². The van der Waals surface area contributed by atoms with Gasteiger partial charge in [-0.25, -0.2) is 13.9 Å². The summed E-state index contributed by atoms with van der Waals surface area (Å²) in [5.74, 6) is -1.60. The van der Waals surface area contributed by atoms with Crippen LogP contribution in [0.2, 0.25) is 0 Å². The van der Waals surface area contributed by atoms with Crippen LogP contribution in [-0.2, 0) is 29.8 Å². The van der Waals surface area contributed by atoms with E-state index in [4.69, 9.17) is 4.42 Å². The minimum Gasteiger partial charge on any atom is -0.438 e. The molecule has 0 aliphatic carbocycles. The first-order valence-electron chi connectivity index (χ1n) is 5.56. The largest absolute Gasteiger partial charge is 0.438 e. The van der Waals surface area contributed by atoms with E-state index < -0.39 is 46.5 Å². The summed E-state index contributed by atoms with van der Waals surface area (Å²) >= 11 is 0. The molecule has 0 radical (unpaired) electrons. The van der Waals surface area contributed by atoms with Crippen LogP contribution < -0.4 is 4.74 Å². The Bertz CT molecular complexity index is 668. The Morgan fingerprint density at radius 1 is 1.45 bits per heavy atom. The topological polar surface area (TPSA) is 70.2 Å². The van der Waals surface area contributed by atoms with Crippen LogP contribution in [0.5, 0.6) is 5.88 Å². The zero-order valence-electron chi connectivity index (χ0n) is 10.8. The van der Waals surface area contributed by atoms with Gasteiger partial charge in [-0.3, -0.25) is 0 Å². The van der Waals surface area contributed by atoms with E-state index >= 15 is 0 Å². The first-order valence-corrected chi connectivity index (χ1v) is 6.87. The first-order chi connectivity index (χ1) is 10.2. The lowest BCUT2D eigenvalue weighted by molar-refractivity contribution is -0.142. The third-order valence-electron chi connectivity index (χ3n) is 2.44. The van der Waals surface area contributed by atoms with E-state index in [1.54, 1.807) is 0 Å². The van der Waals surface area contributed by atoms with Crippen molar-refractivity contribution >= 4 is 10.8 Å². The third-order valence-corrected chi connectivity index (χ3v) is 3.58. The molecule has 0 aliphatic heterocycles. The second kappa shape index (κ2) is 6.02. The second-order valence-electron chi connectivity index (χ2n) is 3.92. The molecule has 0 N–H and O–H groups in total. The van der Waals surface area contributed by atoms with Crippen molar-refractivity contribution in [1.29, 1.82) is 0 Å². The molecule has 0 spiro atoms. The normalized spacial score (nSPS) is 13.6. The lowest BCUT2D eigenvalue weighted by Gasteiger charge is -2.08. The Kier molecular flexibility index (Phi) is 4.49. The minimum atomic E-state index is -4.92. The fourth-order valence-electron chi connectivity index (χ4n) is 1.66. The summed E-state index contributed by atoms with van der Waals surface area (Å²) in [5, 5.41) is 2.78. The van der Waals surface area contributed by atoms with Gasteiger partial charge in [-0.15, -0.1) is 0 Å². The number of aromatic nitrogens is 3. The number of ether oxygens (including phenoxy) is 1. The summed E-state index contributed by atoms with van der Waals surface area (Å²) < 4.78 is 84.6. The summed E-state index contributed by atoms with van der Waals surface area (Å²) in [7, 11) is -1.11. The molecule has 0 saturated carbocycles. The van der Waals surface area contributed by atoms with E-state index in [2.05, 4.69) is 14.8 Å². The van der Waals surface area contributed by atoms with Crippen LogP contribution in [0.15, 0.2) is 22.1 Å². The molecule has 1 atom stereocenters. The summed E-state index contributed by atoms with van der Waals surface area (Å²) in [6, 6.07) is 0. The highest BCUT2D eigenvalue weighted by Gasteiger charge is 2.40. The van der Waals surface area contributed by atoms with E-state index in [-0.39, 0.29) is 5.22 Å². The van der Waals surface area contributed by atoms with E-state index in [0.29, 0.717) is 4.68 Å². The zero-order chi connectivity index (χ0) is 16.5. The zero-order valence-corrected chi connectivity index (χ0v) is 11.6. The van der Waals surface area contributed by atoms with Gasteiger partial charge in [0.1, 0.15) is 17.1 Å². The van der Waals surface area contributed by atoms with Gasteiger partial charge in [0.25, 0.3) is 5.22 Å². The average molecular weight is 345 g/mol. The predicted octanol–water partition coefficient (Wildman–Crippen LogP) is 2.34. The lowest BCUT2D eigenvalue weighted by atomic mass is 10.2. The highest BCUT2D eigenvalue weighted by molar-refractivity contribution is 7.84. The van der Waals surface area contributed by atoms with Crippen molar-refractivity contribution in [1.82, 2.24) is 14.8 Å². The molecule has 0 saturated heterocycles. The van der Waals surface area contributed by atoms with Gasteiger partial charge in [-0.2, -0.15) is 27.1 Å². The maximum absolute atomic E-state index is 12.9. The van der Waals surface area contributed by atoms with Crippen LogP contribution in [-0.4, -0.2) is 25.6 Å². The van der Waals surface area contributed by atoms with Gasteiger partial charge in [0, 0.05) is 7.05 Å². The van der Waals surface area contributed by atoms with Crippen LogP contribution in [0.25, 0.3) is 0 Å². The quantitative estimate of drug-likeness (QED) is 0.778. The molecule has 22 heavy (non-hydrogen) atoms. The van der Waals surface area contributed by atoms with Crippen molar-refractivity contribution in [3.8, 4) is 5.88 Å². The van der Waals surface area contributed by atoms with Gasteiger partial charge in [-0.05, 0) is 0 Å². The monoisotopic (exact) mass is 345 g/mol. The van der Waals surface area contributed by atoms with Crippen molar-refractivity contribution in [2.45, 2.75) is 23.8 Å². The second-order valence-corrected chi connectivity index (χ2v) is 5.25. The number of oxazole rings is 1. The standard InChI is InChI=1S/C10H8F5N3O3S/c1-18-7(21-8(11)12)5(6(17-18)10(13,14)15)4-22(19)9-16-2-3-20-9/h2-3,8H,4H2,1H3/t22-/m0/s1. The smallest absolute Gasteiger partial charge is 0.435 e. The number of halogens is 5. The molecule has 0 aromatic carbocycles. The SMILES string of the molecule is Cn1nc(C(F)(F)F)c(C[S@](=O)c2ncco2)c1OC(F)F. The van der Waals surface area contributed by atoms with Crippen LogP contribution in [0, 0.1) is 0 Å². The molecule has 0 amide bonds. The van der Waals surface area contributed by atoms with Gasteiger partial charge >= 0.3 is 12.8 Å². The van der Waals surface area contributed by atoms with Gasteiger partial charge < -0.3 is 9.15 Å². The van der Waals surface area contributed by atoms with Crippen LogP contribution in [0.3, 0.4) is 0 Å². The summed E-state index contributed by atoms with van der Waals surface area (Å²) in [4.78, 5) is 3.54. The summed E-state index contributed by atoms with van der Waals surface area (Å²) in [6.45, 7) is -3.36. The molecule has 0 unspecified atom stereocenters. The van der Waals surface area contributed by atoms with Crippen molar-refractivity contribution < 1.29 is 35.3 Å². The average Bonchev–Trinajstić information content (AvgIpc) is 3.00. The predicted molar refractivity (Wildman–Crippen MR) is 61.5 cm³/mol. The molecular formula is C10H8F5N3O3S. The van der Waals surface area contributed by atoms with E-state index in [0.717, 1.165) is 19.5 Å². The Hall–Kier alpha value is -1.98. The Morgan fingerprint density at radius 2 is 2.14 bits per heavy atom. The lowest BCUT2D eigenvalue weighted by Crippen LogP contribution is -2.12. The van der Waals surface area contributed by atoms with Crippen molar-refractivity contribution in [3.05, 3.63) is 23.7 Å². The molecule has 12 heteroatoms. The number of rotatable bonds is 5. The highest BCUT2D eigenvalue weighted by atomic mass is 32.2. The maximum Gasteiger partial charge on any atom is 0.435 e. The van der Waals surface area contributed by atoms with Gasteiger partial charge in [0.05, 0.1) is 17.5 Å². The summed E-state index contributed by atoms with van der Waals surface area (Å²) in [6.07, 6.45) is -2.69. The molecule has 2 aromatic rings. The summed E-state index contributed by atoms with van der Waals surface area (Å²) in [5.41, 5.74) is -2.21. The van der Waals surface area contributed by atoms with E-state index in [1.807, 2.05) is 0 Å². The molecule has 0 fully saturated rings. The number of hydrogen-bond donors (Lipinski definition) is 0. The fraction of sp³-hybridized carbons (Fsp3) is 0.400. The van der Waals surface area contributed by atoms with Gasteiger partial charge in [0.15, 0.2) is 5.69 Å². The molecule has 6 nitrogen and oxygen atoms in total. The number of hydrogen-bond acceptors (Lipinski definition) is 5. The van der Waals surface area contributed by atoms with Gasteiger partial charge in [0.2, 0.25) is 5.88 Å². The van der Waals surface area contributed by atoms with Crippen LogP contribution in [0.1, 0.15) is 11.3 Å². The van der Waals surface area contributed by atoms with E-state index in [9.17, 15) is 26.2 Å². The number of alkyl halides is 5. The Balaban J connectivity index is 2.44. The van der Waals surface area contributed by atoms with Crippen LogP contribution >= 0.6 is 0 Å². The number of nitrogens with zero attached hydrogens (tertiary/aromatic N) is 3. The fourth-order valence-corrected chi connectivity index (χ4v) is 2.64. The number of aryl methyl sites for hydroxylation is 1. The van der Waals surface area contributed by atoms with Crippen molar-refractivity contribution in [2.75, 3.05) is 0 Å². The molecular weight excluding hydrogens is 337 g/mol. The molecule has 2 aromatic heterocycles.